The van der Waals surface area contributed by atoms with Crippen LogP contribution in [0.15, 0.2) is 23.2 Å². The second-order valence-corrected chi connectivity index (χ2v) is 5.51. The summed E-state index contributed by atoms with van der Waals surface area (Å²) in [5, 5.41) is 3.18. The molecule has 1 aliphatic carbocycles. The van der Waals surface area contributed by atoms with Crippen LogP contribution in [0.5, 0.6) is 5.75 Å². The van der Waals surface area contributed by atoms with Crippen LogP contribution < -0.4 is 15.8 Å². The van der Waals surface area contributed by atoms with Crippen LogP contribution in [0.1, 0.15) is 30.4 Å². The smallest absolute Gasteiger partial charge is 0.188 e. The van der Waals surface area contributed by atoms with Crippen molar-refractivity contribution in [3.8, 4) is 5.75 Å². The van der Waals surface area contributed by atoms with Gasteiger partial charge in [-0.15, -0.1) is 24.0 Å². The summed E-state index contributed by atoms with van der Waals surface area (Å²) in [6.07, 6.45) is 4.83. The molecule has 0 heterocycles. The summed E-state index contributed by atoms with van der Waals surface area (Å²) >= 11 is 0. The topological polar surface area (TPSA) is 59.6 Å². The van der Waals surface area contributed by atoms with Gasteiger partial charge in [-0.3, -0.25) is 4.99 Å². The van der Waals surface area contributed by atoms with Crippen molar-refractivity contribution in [2.24, 2.45) is 16.6 Å². The molecule has 1 aromatic carbocycles. The summed E-state index contributed by atoms with van der Waals surface area (Å²) in [7, 11) is 1.70. The van der Waals surface area contributed by atoms with Gasteiger partial charge in [-0.25, -0.2) is 0 Å². The highest BCUT2D eigenvalue weighted by atomic mass is 127. The van der Waals surface area contributed by atoms with Crippen molar-refractivity contribution in [3.63, 3.8) is 0 Å². The van der Waals surface area contributed by atoms with Gasteiger partial charge in [0.2, 0.25) is 0 Å². The van der Waals surface area contributed by atoms with Gasteiger partial charge >= 0.3 is 0 Å². The Bertz CT molecular complexity index is 473. The molecule has 3 N–H and O–H groups in total. The van der Waals surface area contributed by atoms with E-state index in [0.29, 0.717) is 5.96 Å². The molecule has 0 aromatic heterocycles. The molecular weight excluding hydrogens is 377 g/mol. The number of methoxy groups -OCH3 is 1. The lowest BCUT2D eigenvalue weighted by molar-refractivity contribution is 0.326. The number of ether oxygens (including phenoxy) is 1. The molecule has 0 saturated heterocycles. The minimum absolute atomic E-state index is 0. The monoisotopic (exact) mass is 403 g/mol. The Balaban J connectivity index is 0.00000220. The summed E-state index contributed by atoms with van der Waals surface area (Å²) in [6.45, 7) is 3.73. The molecule has 0 spiro atoms. The highest BCUT2D eigenvalue weighted by Crippen LogP contribution is 2.26. The summed E-state index contributed by atoms with van der Waals surface area (Å²) in [4.78, 5) is 4.39. The molecule has 1 saturated carbocycles. The van der Waals surface area contributed by atoms with Crippen LogP contribution >= 0.6 is 24.0 Å². The van der Waals surface area contributed by atoms with Crippen LogP contribution in [0.3, 0.4) is 0 Å². The Morgan fingerprint density at radius 1 is 1.43 bits per heavy atom. The zero-order valence-electron chi connectivity index (χ0n) is 12.9. The molecule has 0 aliphatic heterocycles. The molecule has 5 heteroatoms. The third-order valence-electron chi connectivity index (χ3n) is 3.88. The van der Waals surface area contributed by atoms with Crippen LogP contribution in [0, 0.1) is 12.8 Å². The quantitative estimate of drug-likeness (QED) is 0.436. The lowest BCUT2D eigenvalue weighted by Gasteiger charge is -2.23. The van der Waals surface area contributed by atoms with E-state index in [1.807, 2.05) is 6.07 Å². The second-order valence-electron chi connectivity index (χ2n) is 5.51. The fraction of sp³-hybridized carbons (Fsp3) is 0.562. The van der Waals surface area contributed by atoms with Crippen molar-refractivity contribution in [1.29, 1.82) is 0 Å². The number of hydrogen-bond donors (Lipinski definition) is 2. The third-order valence-corrected chi connectivity index (χ3v) is 3.88. The number of aliphatic imine (C=N–C) groups is 1. The van der Waals surface area contributed by atoms with Gasteiger partial charge in [0.05, 0.1) is 7.11 Å². The molecule has 0 unspecified atom stereocenters. The molecule has 0 amide bonds. The van der Waals surface area contributed by atoms with Gasteiger partial charge in [-0.2, -0.15) is 0 Å². The molecule has 1 fully saturated rings. The number of guanidine groups is 1. The largest absolute Gasteiger partial charge is 0.496 e. The predicted octanol–water partition coefficient (Wildman–Crippen LogP) is 2.87. The van der Waals surface area contributed by atoms with Crippen molar-refractivity contribution in [1.82, 2.24) is 5.32 Å². The maximum atomic E-state index is 5.87. The summed E-state index contributed by atoms with van der Waals surface area (Å²) < 4.78 is 5.37. The van der Waals surface area contributed by atoms with E-state index in [-0.39, 0.29) is 24.0 Å². The second kappa shape index (κ2) is 9.12. The normalized spacial score (nSPS) is 15.0. The number of nitrogens with zero attached hydrogens (tertiary/aromatic N) is 1. The van der Waals surface area contributed by atoms with E-state index >= 15 is 0 Å². The van der Waals surface area contributed by atoms with Crippen molar-refractivity contribution >= 4 is 29.9 Å². The first-order valence-corrected chi connectivity index (χ1v) is 7.36. The van der Waals surface area contributed by atoms with Crippen molar-refractivity contribution in [3.05, 3.63) is 29.3 Å². The van der Waals surface area contributed by atoms with Gasteiger partial charge in [0.15, 0.2) is 5.96 Å². The average Bonchev–Trinajstić information content (AvgIpc) is 2.37. The molecule has 0 radical (unpaired) electrons. The summed E-state index contributed by atoms with van der Waals surface area (Å²) in [5.74, 6) is 2.25. The molecule has 0 atom stereocenters. The molecule has 21 heavy (non-hydrogen) atoms. The van der Waals surface area contributed by atoms with Crippen LogP contribution in [0.25, 0.3) is 0 Å². The number of hydrogen-bond acceptors (Lipinski definition) is 2. The molecular formula is C16H26IN3O. The van der Waals surface area contributed by atoms with E-state index in [1.54, 1.807) is 7.11 Å². The molecule has 1 aromatic rings. The fourth-order valence-electron chi connectivity index (χ4n) is 2.39. The number of halogens is 1. The lowest BCUT2D eigenvalue weighted by Crippen LogP contribution is -2.34. The Kier molecular flexibility index (Phi) is 7.85. The molecule has 1 aliphatic rings. The molecule has 118 valence electrons. The minimum atomic E-state index is 0. The predicted molar refractivity (Wildman–Crippen MR) is 98.7 cm³/mol. The van der Waals surface area contributed by atoms with E-state index in [1.165, 1.54) is 30.4 Å². The first-order chi connectivity index (χ1) is 9.69. The fourth-order valence-corrected chi connectivity index (χ4v) is 2.39. The van der Waals surface area contributed by atoms with Gasteiger partial charge in [0.1, 0.15) is 5.75 Å². The number of rotatable bonds is 6. The Morgan fingerprint density at radius 2 is 2.19 bits per heavy atom. The van der Waals surface area contributed by atoms with E-state index < -0.39 is 0 Å². The Hall–Kier alpha value is -0.980. The van der Waals surface area contributed by atoms with E-state index in [9.17, 15) is 0 Å². The van der Waals surface area contributed by atoms with Gasteiger partial charge < -0.3 is 15.8 Å². The molecule has 2 rings (SSSR count). The van der Waals surface area contributed by atoms with Crippen molar-refractivity contribution < 1.29 is 4.74 Å². The van der Waals surface area contributed by atoms with Crippen LogP contribution in [-0.4, -0.2) is 26.2 Å². The van der Waals surface area contributed by atoms with Crippen LogP contribution in [-0.2, 0) is 6.42 Å². The Labute approximate surface area is 144 Å². The lowest BCUT2D eigenvalue weighted by atomic mass is 9.86. The highest BCUT2D eigenvalue weighted by Gasteiger charge is 2.16. The zero-order chi connectivity index (χ0) is 14.4. The van der Waals surface area contributed by atoms with Gasteiger partial charge in [0.25, 0.3) is 0 Å². The van der Waals surface area contributed by atoms with E-state index in [2.05, 4.69) is 29.4 Å². The van der Waals surface area contributed by atoms with Crippen molar-refractivity contribution in [2.45, 2.75) is 32.6 Å². The number of aryl methyl sites for hydroxylation is 1. The maximum Gasteiger partial charge on any atom is 0.188 e. The highest BCUT2D eigenvalue weighted by molar-refractivity contribution is 14.0. The van der Waals surface area contributed by atoms with Crippen LogP contribution in [0.4, 0.5) is 0 Å². The van der Waals surface area contributed by atoms with Gasteiger partial charge in [-0.1, -0.05) is 24.1 Å². The van der Waals surface area contributed by atoms with E-state index in [4.69, 9.17) is 10.5 Å². The van der Waals surface area contributed by atoms with E-state index in [0.717, 1.165) is 31.2 Å². The molecule has 4 nitrogen and oxygen atoms in total. The third kappa shape index (κ3) is 5.73. The van der Waals surface area contributed by atoms with Crippen LogP contribution in [0.2, 0.25) is 0 Å². The summed E-state index contributed by atoms with van der Waals surface area (Å²) in [6, 6.07) is 6.23. The average molecular weight is 403 g/mol. The standard InChI is InChI=1S/C16H25N3O.HI/c1-12-6-7-15(20-2)14(10-12)8-9-18-16(17)19-11-13-4-3-5-13;/h6-7,10,13H,3-5,8-9,11H2,1-2H3,(H3,17,18,19);1H. The zero-order valence-corrected chi connectivity index (χ0v) is 15.2. The first kappa shape index (κ1) is 18.1. The Morgan fingerprint density at radius 3 is 2.81 bits per heavy atom. The maximum absolute atomic E-state index is 5.87. The number of benzene rings is 1. The SMILES string of the molecule is COc1ccc(C)cc1CCNC(N)=NCC1CCC1.I. The number of nitrogens with two attached hydrogens (primary N) is 1. The van der Waals surface area contributed by atoms with Crippen molar-refractivity contribution in [2.75, 3.05) is 20.2 Å². The summed E-state index contributed by atoms with van der Waals surface area (Å²) in [5.41, 5.74) is 8.32. The minimum Gasteiger partial charge on any atom is -0.496 e. The van der Waals surface area contributed by atoms with Gasteiger partial charge in [0, 0.05) is 13.1 Å². The first-order valence-electron chi connectivity index (χ1n) is 7.36. The number of nitrogens with one attached hydrogen (secondary N) is 1. The van der Waals surface area contributed by atoms with Gasteiger partial charge in [-0.05, 0) is 43.7 Å². The molecule has 0 bridgehead atoms.